The van der Waals surface area contributed by atoms with Gasteiger partial charge in [-0.25, -0.2) is 5.26 Å². The maximum Gasteiger partial charge on any atom is 0.294 e. The molecule has 0 amide bonds. The van der Waals surface area contributed by atoms with E-state index in [4.69, 9.17) is 10.2 Å². The molecule has 226 valence electrons. The quantitative estimate of drug-likeness (QED) is 0.0627. The third-order valence-electron chi connectivity index (χ3n) is 8.19. The first-order valence-corrected chi connectivity index (χ1v) is 16.0. The lowest BCUT2D eigenvalue weighted by Gasteiger charge is -2.23. The lowest BCUT2D eigenvalue weighted by molar-refractivity contribution is -0.432. The number of hydrogen-bond donors (Lipinski definition) is 2. The Labute approximate surface area is 259 Å². The molecule has 0 fully saturated rings. The Morgan fingerprint density at radius 3 is 2.52 bits per heavy atom. The number of hydrogen-bond acceptors (Lipinski definition) is 8. The lowest BCUT2D eigenvalue weighted by atomic mass is 9.79. The van der Waals surface area contributed by atoms with Gasteiger partial charge in [0.1, 0.15) is 0 Å². The van der Waals surface area contributed by atoms with E-state index >= 15 is 0 Å². The molecule has 0 saturated carbocycles. The molecule has 0 unspecified atom stereocenters. The van der Waals surface area contributed by atoms with Crippen LogP contribution in [-0.4, -0.2) is 42.6 Å². The van der Waals surface area contributed by atoms with Crippen molar-refractivity contribution in [3.63, 3.8) is 0 Å². The van der Waals surface area contributed by atoms with Gasteiger partial charge in [-0.15, -0.1) is 4.33 Å². The van der Waals surface area contributed by atoms with Crippen molar-refractivity contribution in [3.05, 3.63) is 89.8 Å². The number of benzene rings is 4. The number of fused-ring (bicyclic) bond motifs is 3. The first kappa shape index (κ1) is 30.1. The fourth-order valence-electron chi connectivity index (χ4n) is 6.15. The maximum atomic E-state index is 12.1. The Kier molecular flexibility index (Phi) is 7.65. The highest BCUT2D eigenvalue weighted by molar-refractivity contribution is 7.94. The molecule has 1 aromatic heterocycles. The van der Waals surface area contributed by atoms with Crippen LogP contribution in [0.2, 0.25) is 0 Å². The van der Waals surface area contributed by atoms with Gasteiger partial charge in [-0.3, -0.25) is 9.55 Å². The molecule has 6 rings (SSSR count). The van der Waals surface area contributed by atoms with E-state index in [2.05, 4.69) is 76.4 Å². The first-order chi connectivity index (χ1) is 20.9. The molecule has 2 N–H and O–H groups in total. The zero-order valence-corrected chi connectivity index (χ0v) is 26.4. The highest BCUT2D eigenvalue weighted by atomic mass is 32.2. The van der Waals surface area contributed by atoms with E-state index in [1.807, 2.05) is 44.2 Å². The minimum Gasteiger partial charge on any atom is -0.376 e. The summed E-state index contributed by atoms with van der Waals surface area (Å²) < 4.78 is 40.8. The number of allylic oxidation sites excluding steroid dienone is 4. The fraction of sp³-hybridized carbons (Fsp3) is 0.182. The molecule has 4 aromatic carbocycles. The van der Waals surface area contributed by atoms with Crippen LogP contribution < -0.4 is 10.2 Å². The minimum atomic E-state index is -4.52. The van der Waals surface area contributed by atoms with Crippen molar-refractivity contribution in [2.24, 2.45) is 12.0 Å². The highest BCUT2D eigenvalue weighted by Gasteiger charge is 2.36. The third kappa shape index (κ3) is 5.01. The SMILES string of the molecule is CN(C)c1ccc2cccc3c(=CC=CC=CC4=Nc5ccc6c(SOOO)cc(S(=O)(=O)O)cc6c5C4(C)C)n(C)c1c23. The molecule has 0 radical (unpaired) electrons. The van der Waals surface area contributed by atoms with Crippen molar-refractivity contribution in [3.8, 4) is 0 Å². The molecular formula is C33H31N3O6S2. The standard InChI is InChI=1S/C33H31N3O6S2/c1-33(2)29(34-25-16-15-22-24(31(25)33)18-21(44(38,39)40)19-28(22)43-42-41-37)13-8-6-7-12-26-23-11-9-10-20-14-17-27(35(3)4)32(30(20)23)36(26)5/h6-19,37H,1-5H3,(H,38,39,40). The zero-order valence-electron chi connectivity index (χ0n) is 24.8. The van der Waals surface area contributed by atoms with E-state index in [1.165, 1.54) is 33.8 Å². The molecule has 1 aliphatic heterocycles. The number of anilines is 1. The molecule has 0 saturated heterocycles. The van der Waals surface area contributed by atoms with Crippen molar-refractivity contribution in [2.75, 3.05) is 19.0 Å². The van der Waals surface area contributed by atoms with Gasteiger partial charge in [0.25, 0.3) is 10.1 Å². The van der Waals surface area contributed by atoms with Gasteiger partial charge in [0.05, 0.1) is 39.5 Å². The number of nitrogens with zero attached hydrogens (tertiary/aromatic N) is 3. The number of rotatable bonds is 8. The summed E-state index contributed by atoms with van der Waals surface area (Å²) >= 11 is 0.633. The maximum absolute atomic E-state index is 12.1. The van der Waals surface area contributed by atoms with E-state index < -0.39 is 15.5 Å². The van der Waals surface area contributed by atoms with E-state index in [0.717, 1.165) is 22.3 Å². The van der Waals surface area contributed by atoms with Gasteiger partial charge in [0, 0.05) is 47.6 Å². The smallest absolute Gasteiger partial charge is 0.294 e. The highest BCUT2D eigenvalue weighted by Crippen LogP contribution is 2.47. The molecule has 2 heterocycles. The zero-order chi connectivity index (χ0) is 31.4. The Morgan fingerprint density at radius 2 is 1.80 bits per heavy atom. The summed E-state index contributed by atoms with van der Waals surface area (Å²) in [6.45, 7) is 4.03. The summed E-state index contributed by atoms with van der Waals surface area (Å²) in [6, 6.07) is 17.0. The summed E-state index contributed by atoms with van der Waals surface area (Å²) in [4.78, 5) is 7.03. The van der Waals surface area contributed by atoms with E-state index in [-0.39, 0.29) is 4.90 Å². The van der Waals surface area contributed by atoms with Crippen molar-refractivity contribution >= 4 is 77.8 Å². The average molecular weight is 630 g/mol. The van der Waals surface area contributed by atoms with Gasteiger partial charge in [-0.2, -0.15) is 8.42 Å². The van der Waals surface area contributed by atoms with Crippen LogP contribution >= 0.6 is 12.0 Å². The predicted molar refractivity (Wildman–Crippen MR) is 177 cm³/mol. The average Bonchev–Trinajstić information content (AvgIpc) is 3.41. The molecule has 0 aliphatic carbocycles. The Bertz CT molecular complexity index is 2210. The monoisotopic (exact) mass is 629 g/mol. The van der Waals surface area contributed by atoms with Gasteiger partial charge in [0.2, 0.25) is 0 Å². The van der Waals surface area contributed by atoms with Crippen LogP contribution in [0.5, 0.6) is 0 Å². The summed E-state index contributed by atoms with van der Waals surface area (Å²) in [5.74, 6) is 0. The van der Waals surface area contributed by atoms with Gasteiger partial charge < -0.3 is 9.47 Å². The van der Waals surface area contributed by atoms with Gasteiger partial charge >= 0.3 is 0 Å². The largest absolute Gasteiger partial charge is 0.376 e. The van der Waals surface area contributed by atoms with E-state index in [0.29, 0.717) is 33.4 Å². The van der Waals surface area contributed by atoms with Crippen molar-refractivity contribution in [2.45, 2.75) is 29.1 Å². The van der Waals surface area contributed by atoms with Crippen LogP contribution in [0.3, 0.4) is 0 Å². The van der Waals surface area contributed by atoms with E-state index in [9.17, 15) is 13.0 Å². The Morgan fingerprint density at radius 1 is 1.00 bits per heavy atom. The van der Waals surface area contributed by atoms with Crippen molar-refractivity contribution in [1.82, 2.24) is 4.57 Å². The van der Waals surface area contributed by atoms with Gasteiger partial charge in [-0.1, -0.05) is 67.4 Å². The second kappa shape index (κ2) is 11.2. The molecule has 44 heavy (non-hydrogen) atoms. The van der Waals surface area contributed by atoms with Crippen LogP contribution in [0.25, 0.3) is 38.5 Å². The lowest BCUT2D eigenvalue weighted by Crippen LogP contribution is -2.24. The van der Waals surface area contributed by atoms with Gasteiger partial charge in [0.15, 0.2) is 0 Å². The second-order valence-electron chi connectivity index (χ2n) is 11.4. The Balaban J connectivity index is 1.36. The molecular weight excluding hydrogens is 599 g/mol. The first-order valence-electron chi connectivity index (χ1n) is 13.8. The predicted octanol–water partition coefficient (Wildman–Crippen LogP) is 6.90. The third-order valence-corrected chi connectivity index (χ3v) is 9.67. The van der Waals surface area contributed by atoms with Crippen LogP contribution in [0, 0.1) is 0 Å². The topological polar surface area (TPSA) is 114 Å². The van der Waals surface area contributed by atoms with Crippen LogP contribution in [0.1, 0.15) is 19.4 Å². The summed E-state index contributed by atoms with van der Waals surface area (Å²) in [5.41, 5.74) is 4.08. The summed E-state index contributed by atoms with van der Waals surface area (Å²) in [6.07, 6.45) is 9.98. The molecule has 11 heteroatoms. The number of aryl methyl sites for hydroxylation is 1. The molecule has 9 nitrogen and oxygen atoms in total. The van der Waals surface area contributed by atoms with Crippen LogP contribution in [0.4, 0.5) is 11.4 Å². The van der Waals surface area contributed by atoms with Crippen LogP contribution in [0.15, 0.2) is 93.7 Å². The molecule has 0 bridgehead atoms. The summed E-state index contributed by atoms with van der Waals surface area (Å²) in [5, 5.41) is 18.4. The van der Waals surface area contributed by atoms with E-state index in [1.54, 1.807) is 6.07 Å². The summed E-state index contributed by atoms with van der Waals surface area (Å²) in [7, 11) is 1.68. The Hall–Kier alpha value is -3.97. The fourth-order valence-corrected chi connectivity index (χ4v) is 7.30. The molecule has 1 aliphatic rings. The van der Waals surface area contributed by atoms with Crippen molar-refractivity contribution in [1.29, 1.82) is 0 Å². The number of aliphatic imine (C=N–C) groups is 1. The second-order valence-corrected chi connectivity index (χ2v) is 13.5. The number of aromatic nitrogens is 1. The van der Waals surface area contributed by atoms with Crippen LogP contribution in [-0.2, 0) is 32.0 Å². The molecule has 0 spiro atoms. The van der Waals surface area contributed by atoms with Gasteiger partial charge in [-0.05, 0) is 58.1 Å². The molecule has 5 aromatic rings. The van der Waals surface area contributed by atoms with Crippen molar-refractivity contribution < 1.29 is 27.6 Å². The molecule has 0 atom stereocenters. The normalized spacial score (nSPS) is 15.4. The minimum absolute atomic E-state index is 0.300.